The quantitative estimate of drug-likeness (QED) is 0.856. The average Bonchev–Trinajstić information content (AvgIpc) is 2.58. The second kappa shape index (κ2) is 8.71. The fourth-order valence-corrected chi connectivity index (χ4v) is 3.62. The number of hydrogen-bond donors (Lipinski definition) is 1. The summed E-state index contributed by atoms with van der Waals surface area (Å²) in [6.07, 6.45) is 0.694. The standard InChI is InChI=1S/C21H26F2N2O/c1-16-2-4-17(5-3-16)14-25-8-7-24(15-21(25)6-9-26)13-18-10-19(22)12-20(23)11-18/h2-5,10-12,21,26H,6-9,13-15H2,1H3/t21-/m0/s1. The summed E-state index contributed by atoms with van der Waals surface area (Å²) in [6, 6.07) is 12.4. The first-order valence-corrected chi connectivity index (χ1v) is 9.11. The Balaban J connectivity index is 1.64. The fraction of sp³-hybridized carbons (Fsp3) is 0.429. The first-order chi connectivity index (χ1) is 12.5. The predicted molar refractivity (Wildman–Crippen MR) is 98.7 cm³/mol. The Morgan fingerprint density at radius 2 is 1.65 bits per heavy atom. The highest BCUT2D eigenvalue weighted by molar-refractivity contribution is 5.21. The summed E-state index contributed by atoms with van der Waals surface area (Å²) in [4.78, 5) is 4.60. The van der Waals surface area contributed by atoms with Gasteiger partial charge in [-0.1, -0.05) is 29.8 Å². The number of aliphatic hydroxyl groups excluding tert-OH is 1. The van der Waals surface area contributed by atoms with Gasteiger partial charge in [-0.2, -0.15) is 0 Å². The molecule has 0 bridgehead atoms. The summed E-state index contributed by atoms with van der Waals surface area (Å²) < 4.78 is 26.8. The van der Waals surface area contributed by atoms with Gasteiger partial charge in [0.1, 0.15) is 11.6 Å². The molecule has 1 heterocycles. The number of aliphatic hydroxyl groups is 1. The summed E-state index contributed by atoms with van der Waals surface area (Å²) in [5, 5.41) is 9.44. The van der Waals surface area contributed by atoms with Gasteiger partial charge in [-0.05, 0) is 36.6 Å². The van der Waals surface area contributed by atoms with E-state index in [1.807, 2.05) is 0 Å². The molecule has 1 aliphatic rings. The van der Waals surface area contributed by atoms with E-state index in [4.69, 9.17) is 0 Å². The minimum Gasteiger partial charge on any atom is -0.396 e. The predicted octanol–water partition coefficient (Wildman–Crippen LogP) is 3.34. The molecule has 0 aliphatic carbocycles. The molecule has 0 saturated carbocycles. The van der Waals surface area contributed by atoms with E-state index in [-0.39, 0.29) is 12.6 Å². The van der Waals surface area contributed by atoms with Crippen molar-refractivity contribution in [3.05, 3.63) is 70.8 Å². The second-order valence-corrected chi connectivity index (χ2v) is 7.13. The van der Waals surface area contributed by atoms with E-state index < -0.39 is 11.6 Å². The smallest absolute Gasteiger partial charge is 0.126 e. The van der Waals surface area contributed by atoms with Crippen LogP contribution in [0.2, 0.25) is 0 Å². The SMILES string of the molecule is Cc1ccc(CN2CCN(Cc3cc(F)cc(F)c3)C[C@@H]2CCO)cc1. The van der Waals surface area contributed by atoms with Crippen LogP contribution in [0.3, 0.4) is 0 Å². The molecular formula is C21H26F2N2O. The molecule has 0 unspecified atom stereocenters. The molecule has 140 valence electrons. The van der Waals surface area contributed by atoms with Crippen LogP contribution in [0.15, 0.2) is 42.5 Å². The zero-order valence-corrected chi connectivity index (χ0v) is 15.2. The van der Waals surface area contributed by atoms with E-state index in [0.717, 1.165) is 32.2 Å². The van der Waals surface area contributed by atoms with Crippen LogP contribution in [0, 0.1) is 18.6 Å². The number of nitrogens with zero attached hydrogens (tertiary/aromatic N) is 2. The number of hydrogen-bond acceptors (Lipinski definition) is 3. The van der Waals surface area contributed by atoms with E-state index in [2.05, 4.69) is 41.0 Å². The lowest BCUT2D eigenvalue weighted by Gasteiger charge is -2.41. The first kappa shape index (κ1) is 19.0. The molecule has 1 fully saturated rings. The number of piperazine rings is 1. The van der Waals surface area contributed by atoms with Gasteiger partial charge in [0.05, 0.1) is 0 Å². The Bertz CT molecular complexity index is 700. The molecule has 3 rings (SSSR count). The van der Waals surface area contributed by atoms with Crippen molar-refractivity contribution in [2.45, 2.75) is 32.5 Å². The summed E-state index contributed by atoms with van der Waals surface area (Å²) >= 11 is 0. The minimum absolute atomic E-state index is 0.136. The number of rotatable bonds is 6. The summed E-state index contributed by atoms with van der Waals surface area (Å²) in [5.41, 5.74) is 3.16. The Morgan fingerprint density at radius 3 is 2.31 bits per heavy atom. The van der Waals surface area contributed by atoms with Crippen molar-refractivity contribution < 1.29 is 13.9 Å². The van der Waals surface area contributed by atoms with Gasteiger partial charge in [-0.3, -0.25) is 9.80 Å². The zero-order valence-electron chi connectivity index (χ0n) is 15.2. The normalized spacial score (nSPS) is 19.0. The summed E-state index contributed by atoms with van der Waals surface area (Å²) in [6.45, 7) is 6.08. The monoisotopic (exact) mass is 360 g/mol. The number of halogens is 2. The van der Waals surface area contributed by atoms with Crippen molar-refractivity contribution in [3.8, 4) is 0 Å². The molecule has 0 spiro atoms. The lowest BCUT2D eigenvalue weighted by Crippen LogP contribution is -2.52. The Labute approximate surface area is 153 Å². The average molecular weight is 360 g/mol. The van der Waals surface area contributed by atoms with Gasteiger partial charge in [-0.15, -0.1) is 0 Å². The molecule has 26 heavy (non-hydrogen) atoms. The van der Waals surface area contributed by atoms with Gasteiger partial charge in [-0.25, -0.2) is 8.78 Å². The number of benzene rings is 2. The molecule has 3 nitrogen and oxygen atoms in total. The third-order valence-electron chi connectivity index (χ3n) is 4.99. The molecule has 1 saturated heterocycles. The van der Waals surface area contributed by atoms with E-state index >= 15 is 0 Å². The van der Waals surface area contributed by atoms with Gasteiger partial charge in [0, 0.05) is 51.4 Å². The molecule has 0 aromatic heterocycles. The maximum atomic E-state index is 13.4. The second-order valence-electron chi connectivity index (χ2n) is 7.13. The molecule has 2 aromatic carbocycles. The van der Waals surface area contributed by atoms with Crippen molar-refractivity contribution >= 4 is 0 Å². The third kappa shape index (κ3) is 5.10. The van der Waals surface area contributed by atoms with Crippen molar-refractivity contribution in [2.24, 2.45) is 0 Å². The van der Waals surface area contributed by atoms with E-state index in [9.17, 15) is 13.9 Å². The Kier molecular flexibility index (Phi) is 6.35. The molecule has 2 aromatic rings. The van der Waals surface area contributed by atoms with E-state index in [0.29, 0.717) is 18.5 Å². The highest BCUT2D eigenvalue weighted by Crippen LogP contribution is 2.19. The molecular weight excluding hydrogens is 334 g/mol. The zero-order chi connectivity index (χ0) is 18.5. The maximum Gasteiger partial charge on any atom is 0.126 e. The Morgan fingerprint density at radius 1 is 0.962 bits per heavy atom. The van der Waals surface area contributed by atoms with Crippen molar-refractivity contribution in [2.75, 3.05) is 26.2 Å². The largest absolute Gasteiger partial charge is 0.396 e. The molecule has 1 aliphatic heterocycles. The molecule has 1 atom stereocenters. The van der Waals surface area contributed by atoms with Gasteiger partial charge in [0.2, 0.25) is 0 Å². The number of aryl methyl sites for hydroxylation is 1. The summed E-state index contributed by atoms with van der Waals surface area (Å²) in [5.74, 6) is -1.07. The van der Waals surface area contributed by atoms with Crippen LogP contribution in [0.5, 0.6) is 0 Å². The lowest BCUT2D eigenvalue weighted by atomic mass is 10.1. The van der Waals surface area contributed by atoms with Crippen molar-refractivity contribution in [3.63, 3.8) is 0 Å². The van der Waals surface area contributed by atoms with Crippen molar-refractivity contribution in [1.29, 1.82) is 0 Å². The van der Waals surface area contributed by atoms with Gasteiger partial charge < -0.3 is 5.11 Å². The lowest BCUT2D eigenvalue weighted by molar-refractivity contribution is 0.0499. The summed E-state index contributed by atoms with van der Waals surface area (Å²) in [7, 11) is 0. The third-order valence-corrected chi connectivity index (χ3v) is 4.99. The highest BCUT2D eigenvalue weighted by Gasteiger charge is 2.26. The first-order valence-electron chi connectivity index (χ1n) is 9.11. The van der Waals surface area contributed by atoms with Crippen LogP contribution in [-0.2, 0) is 13.1 Å². The Hall–Kier alpha value is -1.82. The van der Waals surface area contributed by atoms with Crippen molar-refractivity contribution in [1.82, 2.24) is 9.80 Å². The highest BCUT2D eigenvalue weighted by atomic mass is 19.1. The minimum atomic E-state index is -0.537. The molecule has 0 amide bonds. The van der Waals surface area contributed by atoms with Crippen LogP contribution in [0.1, 0.15) is 23.1 Å². The van der Waals surface area contributed by atoms with Crippen LogP contribution >= 0.6 is 0 Å². The van der Waals surface area contributed by atoms with Gasteiger partial charge >= 0.3 is 0 Å². The van der Waals surface area contributed by atoms with E-state index in [1.54, 1.807) is 0 Å². The van der Waals surface area contributed by atoms with E-state index in [1.165, 1.54) is 23.3 Å². The van der Waals surface area contributed by atoms with Crippen LogP contribution < -0.4 is 0 Å². The molecule has 5 heteroatoms. The molecule has 1 N–H and O–H groups in total. The van der Waals surface area contributed by atoms with Gasteiger partial charge in [0.25, 0.3) is 0 Å². The van der Waals surface area contributed by atoms with Crippen LogP contribution in [0.25, 0.3) is 0 Å². The maximum absolute atomic E-state index is 13.4. The molecule has 0 radical (unpaired) electrons. The van der Waals surface area contributed by atoms with Crippen LogP contribution in [-0.4, -0.2) is 47.2 Å². The van der Waals surface area contributed by atoms with Crippen LogP contribution in [0.4, 0.5) is 8.78 Å². The topological polar surface area (TPSA) is 26.7 Å². The fourth-order valence-electron chi connectivity index (χ4n) is 3.62. The van der Waals surface area contributed by atoms with Gasteiger partial charge in [0.15, 0.2) is 0 Å².